The molecule has 1 heterocycles. The highest BCUT2D eigenvalue weighted by molar-refractivity contribution is 5.88. The molecule has 5 nitrogen and oxygen atoms in total. The van der Waals surface area contributed by atoms with Gasteiger partial charge in [0, 0.05) is 13.3 Å². The number of carbonyl (C=O) groups is 1. The van der Waals surface area contributed by atoms with Gasteiger partial charge in [0.25, 0.3) is 0 Å². The van der Waals surface area contributed by atoms with Crippen LogP contribution >= 0.6 is 0 Å². The number of hydrogen-bond acceptors (Lipinski definition) is 4. The molecule has 0 spiro atoms. The van der Waals surface area contributed by atoms with Crippen molar-refractivity contribution in [1.29, 1.82) is 0 Å². The summed E-state index contributed by atoms with van der Waals surface area (Å²) in [6.07, 6.45) is 5.39. The topological polar surface area (TPSA) is 72.3 Å². The van der Waals surface area contributed by atoms with E-state index in [1.807, 2.05) is 13.8 Å². The van der Waals surface area contributed by atoms with E-state index >= 15 is 0 Å². The first-order valence-corrected chi connectivity index (χ1v) is 6.66. The number of carboxylic acids is 1. The molecule has 19 heavy (non-hydrogen) atoms. The largest absolute Gasteiger partial charge is 0.478 e. The van der Waals surface area contributed by atoms with E-state index in [-0.39, 0.29) is 11.5 Å². The summed E-state index contributed by atoms with van der Waals surface area (Å²) in [5.41, 5.74) is 0.338. The summed E-state index contributed by atoms with van der Waals surface area (Å²) in [7, 11) is 1.68. The lowest BCUT2D eigenvalue weighted by Gasteiger charge is -2.26. The Morgan fingerprint density at radius 3 is 2.53 bits per heavy atom. The number of carboxylic acid groups (broad SMARTS) is 1. The van der Waals surface area contributed by atoms with Gasteiger partial charge in [0.05, 0.1) is 11.3 Å². The molecule has 0 amide bonds. The Kier molecular flexibility index (Phi) is 3.85. The van der Waals surface area contributed by atoms with Gasteiger partial charge in [0.1, 0.15) is 5.60 Å². The monoisotopic (exact) mass is 264 g/mol. The third-order valence-electron chi connectivity index (χ3n) is 3.81. The van der Waals surface area contributed by atoms with E-state index in [4.69, 9.17) is 4.74 Å². The Hall–Kier alpha value is -1.49. The fourth-order valence-corrected chi connectivity index (χ4v) is 2.68. The standard InChI is InChI=1S/C14H20N2O3/c1-9(2)11-10(12(17)18)8-15-13(16-11)14(19-3)6-4-5-7-14/h8-9H,4-7H2,1-3H3,(H,17,18). The molecule has 1 aromatic rings. The zero-order valence-electron chi connectivity index (χ0n) is 11.6. The van der Waals surface area contributed by atoms with Crippen molar-refractivity contribution in [2.45, 2.75) is 51.0 Å². The Bertz CT molecular complexity index is 480. The number of hydrogen-bond donors (Lipinski definition) is 1. The maximum atomic E-state index is 11.2. The first-order chi connectivity index (χ1) is 9.00. The lowest BCUT2D eigenvalue weighted by molar-refractivity contribution is -0.0165. The van der Waals surface area contributed by atoms with Crippen molar-refractivity contribution in [1.82, 2.24) is 9.97 Å². The quantitative estimate of drug-likeness (QED) is 0.905. The van der Waals surface area contributed by atoms with Gasteiger partial charge in [-0.25, -0.2) is 14.8 Å². The number of rotatable bonds is 4. The highest BCUT2D eigenvalue weighted by Crippen LogP contribution is 2.40. The van der Waals surface area contributed by atoms with Crippen molar-refractivity contribution in [3.05, 3.63) is 23.3 Å². The molecule has 0 unspecified atom stereocenters. The molecule has 5 heteroatoms. The molecule has 1 aromatic heterocycles. The Balaban J connectivity index is 2.48. The van der Waals surface area contributed by atoms with E-state index in [9.17, 15) is 9.90 Å². The fraction of sp³-hybridized carbons (Fsp3) is 0.643. The molecule has 0 saturated heterocycles. The van der Waals surface area contributed by atoms with Crippen molar-refractivity contribution < 1.29 is 14.6 Å². The lowest BCUT2D eigenvalue weighted by Crippen LogP contribution is -2.28. The van der Waals surface area contributed by atoms with Crippen LogP contribution in [-0.2, 0) is 10.3 Å². The highest BCUT2D eigenvalue weighted by Gasteiger charge is 2.39. The maximum absolute atomic E-state index is 11.2. The van der Waals surface area contributed by atoms with Crippen molar-refractivity contribution in [3.63, 3.8) is 0 Å². The minimum absolute atomic E-state index is 0.0446. The van der Waals surface area contributed by atoms with Gasteiger partial charge in [-0.05, 0) is 31.6 Å². The molecule has 104 valence electrons. The summed E-state index contributed by atoms with van der Waals surface area (Å²) in [6.45, 7) is 3.87. The molecule has 1 fully saturated rings. The van der Waals surface area contributed by atoms with E-state index in [2.05, 4.69) is 9.97 Å². The smallest absolute Gasteiger partial charge is 0.339 e. The van der Waals surface area contributed by atoms with Crippen LogP contribution in [0.3, 0.4) is 0 Å². The van der Waals surface area contributed by atoms with Crippen molar-refractivity contribution in [3.8, 4) is 0 Å². The van der Waals surface area contributed by atoms with Gasteiger partial charge < -0.3 is 9.84 Å². The van der Waals surface area contributed by atoms with Crippen LogP contribution in [0.2, 0.25) is 0 Å². The van der Waals surface area contributed by atoms with Crippen molar-refractivity contribution in [2.75, 3.05) is 7.11 Å². The van der Waals surface area contributed by atoms with E-state index in [1.54, 1.807) is 7.11 Å². The zero-order chi connectivity index (χ0) is 14.0. The van der Waals surface area contributed by atoms with Crippen LogP contribution in [0, 0.1) is 0 Å². The van der Waals surface area contributed by atoms with Gasteiger partial charge in [-0.1, -0.05) is 13.8 Å². The highest BCUT2D eigenvalue weighted by atomic mass is 16.5. The third kappa shape index (κ3) is 2.47. The van der Waals surface area contributed by atoms with Crippen LogP contribution in [0.4, 0.5) is 0 Å². The summed E-state index contributed by atoms with van der Waals surface area (Å²) < 4.78 is 5.65. The maximum Gasteiger partial charge on any atom is 0.339 e. The van der Waals surface area contributed by atoms with E-state index in [1.165, 1.54) is 6.20 Å². The number of methoxy groups -OCH3 is 1. The molecule has 1 N–H and O–H groups in total. The predicted molar refractivity (Wildman–Crippen MR) is 70.2 cm³/mol. The Morgan fingerprint density at radius 1 is 1.42 bits per heavy atom. The molecule has 0 aromatic carbocycles. The molecule has 1 aliphatic rings. The van der Waals surface area contributed by atoms with Crippen LogP contribution < -0.4 is 0 Å². The molecular weight excluding hydrogens is 244 g/mol. The zero-order valence-corrected chi connectivity index (χ0v) is 11.6. The lowest BCUT2D eigenvalue weighted by atomic mass is 9.99. The first-order valence-electron chi connectivity index (χ1n) is 6.66. The molecule has 0 bridgehead atoms. The van der Waals surface area contributed by atoms with Crippen LogP contribution in [0.1, 0.15) is 67.3 Å². The van der Waals surface area contributed by atoms with Gasteiger partial charge in [-0.3, -0.25) is 0 Å². The van der Waals surface area contributed by atoms with Crippen LogP contribution in [0.5, 0.6) is 0 Å². The molecule has 1 saturated carbocycles. The summed E-state index contributed by atoms with van der Waals surface area (Å²) in [5, 5.41) is 9.18. The summed E-state index contributed by atoms with van der Waals surface area (Å²) in [6, 6.07) is 0. The molecular formula is C14H20N2O3. The fourth-order valence-electron chi connectivity index (χ4n) is 2.68. The Morgan fingerprint density at radius 2 is 2.05 bits per heavy atom. The van der Waals surface area contributed by atoms with Gasteiger partial charge in [-0.2, -0.15) is 0 Å². The minimum atomic E-state index is -0.979. The second-order valence-corrected chi connectivity index (χ2v) is 5.36. The molecule has 2 rings (SSSR count). The van der Waals surface area contributed by atoms with Crippen LogP contribution in [0.15, 0.2) is 6.20 Å². The Labute approximate surface area is 113 Å². The molecule has 0 radical (unpaired) electrons. The molecule has 1 aliphatic carbocycles. The van der Waals surface area contributed by atoms with E-state index in [0.717, 1.165) is 25.7 Å². The van der Waals surface area contributed by atoms with Gasteiger partial charge in [-0.15, -0.1) is 0 Å². The van der Waals surface area contributed by atoms with Crippen molar-refractivity contribution >= 4 is 5.97 Å². The number of nitrogens with zero attached hydrogens (tertiary/aromatic N) is 2. The van der Waals surface area contributed by atoms with E-state index < -0.39 is 11.6 Å². The number of aromatic carboxylic acids is 1. The van der Waals surface area contributed by atoms with Gasteiger partial charge >= 0.3 is 5.97 Å². The SMILES string of the molecule is COC1(c2ncc(C(=O)O)c(C(C)C)n2)CCCC1. The second-order valence-electron chi connectivity index (χ2n) is 5.36. The molecule has 0 atom stereocenters. The second kappa shape index (κ2) is 5.25. The minimum Gasteiger partial charge on any atom is -0.478 e. The first kappa shape index (κ1) is 13.9. The van der Waals surface area contributed by atoms with Crippen LogP contribution in [-0.4, -0.2) is 28.2 Å². The average Bonchev–Trinajstić information content (AvgIpc) is 2.87. The van der Waals surface area contributed by atoms with E-state index in [0.29, 0.717) is 11.5 Å². The summed E-state index contributed by atoms with van der Waals surface area (Å²) in [5.74, 6) is -0.308. The summed E-state index contributed by atoms with van der Waals surface area (Å²) in [4.78, 5) is 19.9. The van der Waals surface area contributed by atoms with Crippen molar-refractivity contribution in [2.24, 2.45) is 0 Å². The van der Waals surface area contributed by atoms with Gasteiger partial charge in [0.2, 0.25) is 0 Å². The number of ether oxygens (including phenoxy) is 1. The van der Waals surface area contributed by atoms with Crippen LogP contribution in [0.25, 0.3) is 0 Å². The normalized spacial score (nSPS) is 17.9. The average molecular weight is 264 g/mol. The number of aromatic nitrogens is 2. The summed E-state index contributed by atoms with van der Waals surface area (Å²) >= 11 is 0. The predicted octanol–water partition coefficient (Wildman–Crippen LogP) is 2.71. The third-order valence-corrected chi connectivity index (χ3v) is 3.81. The molecule has 0 aliphatic heterocycles. The van der Waals surface area contributed by atoms with Gasteiger partial charge in [0.15, 0.2) is 5.82 Å².